The minimum absolute atomic E-state index is 0.781. The fraction of sp³-hybridized carbons (Fsp3) is 0.0500. The Kier molecular flexibility index (Phi) is 2.34. The van der Waals surface area contributed by atoms with Gasteiger partial charge in [-0.05, 0) is 30.3 Å². The minimum Gasteiger partial charge on any atom is -0.257 e. The van der Waals surface area contributed by atoms with E-state index in [9.17, 15) is 0 Å². The zero-order valence-electron chi connectivity index (χ0n) is 13.4. The molecule has 6 rings (SSSR count). The molecule has 118 valence electrons. The third kappa shape index (κ3) is 1.59. The molecule has 1 aliphatic heterocycles. The summed E-state index contributed by atoms with van der Waals surface area (Å²) in [5.41, 5.74) is 6.72. The molecule has 0 spiro atoms. The number of para-hydroxylation sites is 1. The lowest BCUT2D eigenvalue weighted by Gasteiger charge is -2.02. The van der Waals surface area contributed by atoms with Gasteiger partial charge in [0.25, 0.3) is 5.65 Å². The fourth-order valence-electron chi connectivity index (χ4n) is 3.92. The van der Waals surface area contributed by atoms with Gasteiger partial charge in [0.05, 0.1) is 17.5 Å². The molecule has 0 atom stereocenters. The van der Waals surface area contributed by atoms with Crippen molar-refractivity contribution in [2.45, 2.75) is 6.54 Å². The number of benzene rings is 1. The van der Waals surface area contributed by atoms with Gasteiger partial charge in [0, 0.05) is 18.5 Å². The Labute approximate surface area is 143 Å². The number of hydrogen-bond donors (Lipinski definition) is 0. The van der Waals surface area contributed by atoms with Gasteiger partial charge in [0.2, 0.25) is 5.82 Å². The zero-order valence-corrected chi connectivity index (χ0v) is 13.4. The van der Waals surface area contributed by atoms with Gasteiger partial charge in [0.15, 0.2) is 11.2 Å². The third-order valence-corrected chi connectivity index (χ3v) is 4.92. The molecule has 1 aliphatic rings. The van der Waals surface area contributed by atoms with Crippen molar-refractivity contribution in [3.8, 4) is 17.1 Å². The van der Waals surface area contributed by atoms with Gasteiger partial charge in [-0.1, -0.05) is 18.2 Å². The Morgan fingerprint density at radius 3 is 2.72 bits per heavy atom. The highest BCUT2D eigenvalue weighted by Gasteiger charge is 2.35. The first-order valence-electron chi connectivity index (χ1n) is 8.32. The van der Waals surface area contributed by atoms with E-state index in [1.165, 1.54) is 11.4 Å². The number of fused-ring (bicyclic) bond motifs is 7. The first-order chi connectivity index (χ1) is 12.4. The topological polar surface area (TPSA) is 39.0 Å². The Morgan fingerprint density at radius 2 is 1.80 bits per heavy atom. The van der Waals surface area contributed by atoms with Gasteiger partial charge in [-0.2, -0.15) is 0 Å². The van der Waals surface area contributed by atoms with Crippen LogP contribution in [0.1, 0.15) is 5.69 Å². The number of imidazole rings is 1. The highest BCUT2D eigenvalue weighted by atomic mass is 15.3. The van der Waals surface area contributed by atoms with Gasteiger partial charge < -0.3 is 0 Å². The molecular weight excluding hydrogens is 310 g/mol. The molecule has 0 radical (unpaired) electrons. The number of hydrogen-bond acceptors (Lipinski definition) is 2. The van der Waals surface area contributed by atoms with Crippen molar-refractivity contribution in [2.24, 2.45) is 0 Å². The summed E-state index contributed by atoms with van der Waals surface area (Å²) in [7, 11) is 0. The second kappa shape index (κ2) is 4.54. The van der Waals surface area contributed by atoms with Crippen LogP contribution in [0.4, 0.5) is 0 Å². The van der Waals surface area contributed by atoms with Gasteiger partial charge in [-0.25, -0.2) is 18.5 Å². The van der Waals surface area contributed by atoms with Gasteiger partial charge in [-0.15, -0.1) is 0 Å². The monoisotopic (exact) mass is 324 g/mol. The highest BCUT2D eigenvalue weighted by molar-refractivity contribution is 5.83. The standard InChI is InChI=1S/C20H14N5/c1-2-6-14(7-3-1)25-17-12-18-22-10-5-11-23(18)20(17)24-13-16-15(19(24)25)8-4-9-21-16/h1-12H,13H2/q+1. The minimum atomic E-state index is 0.781. The van der Waals surface area contributed by atoms with E-state index in [4.69, 9.17) is 0 Å². The Morgan fingerprint density at radius 1 is 0.920 bits per heavy atom. The second-order valence-electron chi connectivity index (χ2n) is 6.28. The van der Waals surface area contributed by atoms with Crippen molar-refractivity contribution < 1.29 is 4.57 Å². The lowest BCUT2D eigenvalue weighted by molar-refractivity contribution is -0.648. The number of nitrogens with zero attached hydrogens (tertiary/aromatic N) is 5. The van der Waals surface area contributed by atoms with Crippen molar-refractivity contribution in [1.29, 1.82) is 0 Å². The summed E-state index contributed by atoms with van der Waals surface area (Å²) in [5, 5.41) is 0. The largest absolute Gasteiger partial charge is 0.275 e. The fourth-order valence-corrected chi connectivity index (χ4v) is 3.92. The quantitative estimate of drug-likeness (QED) is 0.436. The van der Waals surface area contributed by atoms with Crippen LogP contribution in [0.5, 0.6) is 0 Å². The summed E-state index contributed by atoms with van der Waals surface area (Å²) in [5.74, 6) is 1.18. The molecule has 0 unspecified atom stereocenters. The summed E-state index contributed by atoms with van der Waals surface area (Å²) in [4.78, 5) is 9.11. The van der Waals surface area contributed by atoms with E-state index in [1.807, 2.05) is 30.6 Å². The molecule has 1 aromatic carbocycles. The lowest BCUT2D eigenvalue weighted by Crippen LogP contribution is -2.32. The molecule has 0 saturated carbocycles. The van der Waals surface area contributed by atoms with Gasteiger partial charge >= 0.3 is 0 Å². The maximum absolute atomic E-state index is 4.59. The van der Waals surface area contributed by atoms with Gasteiger partial charge in [-0.3, -0.25) is 4.98 Å². The normalized spacial score (nSPS) is 12.6. The molecule has 0 bridgehead atoms. The van der Waals surface area contributed by atoms with E-state index in [0.717, 1.165) is 34.7 Å². The van der Waals surface area contributed by atoms with E-state index >= 15 is 0 Å². The van der Waals surface area contributed by atoms with Crippen molar-refractivity contribution in [2.75, 3.05) is 0 Å². The van der Waals surface area contributed by atoms with Crippen LogP contribution in [0.15, 0.2) is 73.2 Å². The van der Waals surface area contributed by atoms with Crippen LogP contribution in [0.3, 0.4) is 0 Å². The molecule has 25 heavy (non-hydrogen) atoms. The Balaban J connectivity index is 1.83. The smallest absolute Gasteiger partial charge is 0.257 e. The number of pyridine rings is 1. The van der Waals surface area contributed by atoms with E-state index in [-0.39, 0.29) is 0 Å². The molecule has 5 heteroatoms. The van der Waals surface area contributed by atoms with Crippen LogP contribution in [0, 0.1) is 0 Å². The van der Waals surface area contributed by atoms with Crippen LogP contribution >= 0.6 is 0 Å². The van der Waals surface area contributed by atoms with Crippen LogP contribution in [0.2, 0.25) is 0 Å². The molecule has 0 aliphatic carbocycles. The zero-order chi connectivity index (χ0) is 16.4. The predicted molar refractivity (Wildman–Crippen MR) is 94.6 cm³/mol. The molecular formula is C20H14N5+. The van der Waals surface area contributed by atoms with E-state index in [0.29, 0.717) is 0 Å². The molecule has 5 aromatic rings. The van der Waals surface area contributed by atoms with Crippen molar-refractivity contribution in [3.63, 3.8) is 0 Å². The first kappa shape index (κ1) is 12.9. The van der Waals surface area contributed by atoms with Crippen LogP contribution in [0.25, 0.3) is 33.9 Å². The SMILES string of the molecule is c1ccc(-n2c3[n+](c4c2cc2ncccn24)Cc2ncccc2-3)cc1. The average Bonchev–Trinajstić information content (AvgIpc) is 3.29. The summed E-state index contributed by atoms with van der Waals surface area (Å²) in [6.07, 6.45) is 5.78. The molecule has 0 fully saturated rings. The summed E-state index contributed by atoms with van der Waals surface area (Å²) < 4.78 is 6.82. The third-order valence-electron chi connectivity index (χ3n) is 4.92. The molecule has 5 nitrogen and oxygen atoms in total. The summed E-state index contributed by atoms with van der Waals surface area (Å²) >= 11 is 0. The number of rotatable bonds is 1. The van der Waals surface area contributed by atoms with E-state index < -0.39 is 0 Å². The van der Waals surface area contributed by atoms with E-state index in [2.05, 4.69) is 66.1 Å². The summed E-state index contributed by atoms with van der Waals surface area (Å²) in [6.45, 7) is 0.781. The van der Waals surface area contributed by atoms with Crippen LogP contribution < -0.4 is 4.57 Å². The molecule has 5 heterocycles. The van der Waals surface area contributed by atoms with Crippen molar-refractivity contribution in [3.05, 3.63) is 78.9 Å². The van der Waals surface area contributed by atoms with Crippen LogP contribution in [-0.2, 0) is 6.54 Å². The molecule has 4 aromatic heterocycles. The Bertz CT molecular complexity index is 1260. The average molecular weight is 324 g/mol. The first-order valence-corrected chi connectivity index (χ1v) is 8.32. The second-order valence-corrected chi connectivity index (χ2v) is 6.28. The van der Waals surface area contributed by atoms with E-state index in [1.54, 1.807) is 0 Å². The lowest BCUT2D eigenvalue weighted by atomic mass is 10.2. The van der Waals surface area contributed by atoms with Crippen LogP contribution in [-0.4, -0.2) is 18.9 Å². The molecule has 0 saturated heterocycles. The highest BCUT2D eigenvalue weighted by Crippen LogP contribution is 2.33. The Hall–Kier alpha value is -3.47. The molecule has 0 amide bonds. The summed E-state index contributed by atoms with van der Waals surface area (Å²) in [6, 6.07) is 18.8. The molecule has 0 N–H and O–H groups in total. The number of aromatic nitrogens is 5. The van der Waals surface area contributed by atoms with Crippen molar-refractivity contribution in [1.82, 2.24) is 18.9 Å². The van der Waals surface area contributed by atoms with Gasteiger partial charge in [0.1, 0.15) is 12.2 Å². The van der Waals surface area contributed by atoms with Crippen molar-refractivity contribution >= 4 is 16.8 Å². The predicted octanol–water partition coefficient (Wildman–Crippen LogP) is 2.99. The maximum atomic E-state index is 4.59. The maximum Gasteiger partial charge on any atom is 0.275 e.